The molecule has 0 aromatic heterocycles. The van der Waals surface area contributed by atoms with E-state index in [0.29, 0.717) is 29.4 Å². The minimum absolute atomic E-state index is 0.0119. The Morgan fingerprint density at radius 3 is 1.75 bits per heavy atom. The summed E-state index contributed by atoms with van der Waals surface area (Å²) in [4.78, 5) is 0. The van der Waals surface area contributed by atoms with Crippen LogP contribution in [0.4, 0.5) is 0 Å². The number of aliphatic hydroxyl groups excluding tert-OH is 1. The molecule has 0 amide bonds. The van der Waals surface area contributed by atoms with Crippen LogP contribution in [-0.4, -0.2) is 33.5 Å². The first-order chi connectivity index (χ1) is 11.6. The maximum atomic E-state index is 9.58. The Bertz CT molecular complexity index is 709. The zero-order valence-corrected chi connectivity index (χ0v) is 14.8. The van der Waals surface area contributed by atoms with Crippen LogP contribution in [0.3, 0.4) is 0 Å². The van der Waals surface area contributed by atoms with Gasteiger partial charge in [0, 0.05) is 17.5 Å². The second kappa shape index (κ2) is 7.93. The maximum absolute atomic E-state index is 9.58. The van der Waals surface area contributed by atoms with E-state index in [2.05, 4.69) is 0 Å². The number of methoxy groups -OCH3 is 4. The van der Waals surface area contributed by atoms with E-state index in [1.807, 2.05) is 31.2 Å². The molecule has 1 N–H and O–H groups in total. The van der Waals surface area contributed by atoms with E-state index in [1.54, 1.807) is 28.4 Å². The molecule has 0 atom stereocenters. The summed E-state index contributed by atoms with van der Waals surface area (Å²) in [5, 5.41) is 9.58. The third kappa shape index (κ3) is 3.12. The van der Waals surface area contributed by atoms with E-state index >= 15 is 0 Å². The Labute approximate surface area is 142 Å². The van der Waals surface area contributed by atoms with E-state index in [0.717, 1.165) is 22.3 Å². The zero-order chi connectivity index (χ0) is 17.7. The van der Waals surface area contributed by atoms with E-state index in [4.69, 9.17) is 18.9 Å². The average molecular weight is 332 g/mol. The van der Waals surface area contributed by atoms with Gasteiger partial charge in [-0.25, -0.2) is 0 Å². The highest BCUT2D eigenvalue weighted by Gasteiger charge is 2.25. The van der Waals surface area contributed by atoms with Crippen molar-refractivity contribution in [3.8, 4) is 23.0 Å². The predicted molar refractivity (Wildman–Crippen MR) is 92.6 cm³/mol. The summed E-state index contributed by atoms with van der Waals surface area (Å²) in [6.45, 7) is 1.95. The van der Waals surface area contributed by atoms with Gasteiger partial charge in [-0.2, -0.15) is 0 Å². The summed E-state index contributed by atoms with van der Waals surface area (Å²) >= 11 is 0. The van der Waals surface area contributed by atoms with Crippen molar-refractivity contribution >= 4 is 0 Å². The van der Waals surface area contributed by atoms with E-state index in [-0.39, 0.29) is 6.61 Å². The molecule has 5 nitrogen and oxygen atoms in total. The molecule has 0 bridgehead atoms. The van der Waals surface area contributed by atoms with Crippen LogP contribution in [0.25, 0.3) is 0 Å². The van der Waals surface area contributed by atoms with E-state index < -0.39 is 0 Å². The van der Waals surface area contributed by atoms with Gasteiger partial charge in [0.2, 0.25) is 11.5 Å². The molecule has 0 saturated heterocycles. The lowest BCUT2D eigenvalue weighted by molar-refractivity contribution is 0.280. The highest BCUT2D eigenvalue weighted by molar-refractivity contribution is 5.67. The molecule has 130 valence electrons. The van der Waals surface area contributed by atoms with Crippen molar-refractivity contribution in [1.82, 2.24) is 0 Å². The molecule has 0 aliphatic rings. The van der Waals surface area contributed by atoms with Crippen LogP contribution in [0, 0.1) is 6.92 Å². The first-order valence-electron chi connectivity index (χ1n) is 7.65. The van der Waals surface area contributed by atoms with Gasteiger partial charge in [0.25, 0.3) is 0 Å². The minimum Gasteiger partial charge on any atom is -0.492 e. The van der Waals surface area contributed by atoms with E-state index in [9.17, 15) is 5.11 Å². The first-order valence-corrected chi connectivity index (χ1v) is 7.65. The SMILES string of the molecule is COc1c(C)c(Cc2ccccc2CO)c(OC)c(OC)c1OC. The number of hydrogen-bond acceptors (Lipinski definition) is 5. The van der Waals surface area contributed by atoms with Crippen LogP contribution in [-0.2, 0) is 13.0 Å². The Morgan fingerprint density at radius 1 is 0.750 bits per heavy atom. The summed E-state index contributed by atoms with van der Waals surface area (Å²) in [6.07, 6.45) is 0.586. The van der Waals surface area contributed by atoms with Gasteiger partial charge in [0.15, 0.2) is 11.5 Å². The van der Waals surface area contributed by atoms with Gasteiger partial charge in [-0.1, -0.05) is 24.3 Å². The Morgan fingerprint density at radius 2 is 1.25 bits per heavy atom. The Balaban J connectivity index is 2.68. The minimum atomic E-state index is -0.0119. The van der Waals surface area contributed by atoms with E-state index in [1.165, 1.54) is 0 Å². The molecule has 2 aromatic carbocycles. The average Bonchev–Trinajstić information content (AvgIpc) is 2.62. The van der Waals surface area contributed by atoms with Crippen LogP contribution < -0.4 is 18.9 Å². The van der Waals surface area contributed by atoms with Crippen LogP contribution >= 0.6 is 0 Å². The van der Waals surface area contributed by atoms with Gasteiger partial charge in [-0.05, 0) is 18.1 Å². The van der Waals surface area contributed by atoms with Gasteiger partial charge in [-0.3, -0.25) is 0 Å². The van der Waals surface area contributed by atoms with Crippen molar-refractivity contribution in [1.29, 1.82) is 0 Å². The summed E-state index contributed by atoms with van der Waals surface area (Å²) in [5.41, 5.74) is 3.76. The normalized spacial score (nSPS) is 10.4. The van der Waals surface area contributed by atoms with Crippen molar-refractivity contribution in [2.24, 2.45) is 0 Å². The number of aliphatic hydroxyl groups is 1. The number of rotatable bonds is 7. The smallest absolute Gasteiger partial charge is 0.207 e. The number of hydrogen-bond donors (Lipinski definition) is 1. The molecular weight excluding hydrogens is 308 g/mol. The molecule has 2 rings (SSSR count). The fourth-order valence-electron chi connectivity index (χ4n) is 2.94. The fraction of sp³-hybridized carbons (Fsp3) is 0.368. The topological polar surface area (TPSA) is 57.2 Å². The quantitative estimate of drug-likeness (QED) is 0.844. The van der Waals surface area contributed by atoms with Crippen molar-refractivity contribution in [3.05, 3.63) is 46.5 Å². The summed E-state index contributed by atoms with van der Waals surface area (Å²) in [6, 6.07) is 7.77. The molecular formula is C19H24O5. The molecule has 0 aliphatic carbocycles. The molecule has 0 aliphatic heterocycles. The Kier molecular flexibility index (Phi) is 5.93. The number of benzene rings is 2. The third-order valence-corrected chi connectivity index (χ3v) is 4.16. The maximum Gasteiger partial charge on any atom is 0.207 e. The molecule has 24 heavy (non-hydrogen) atoms. The van der Waals surface area contributed by atoms with Crippen LogP contribution in [0.2, 0.25) is 0 Å². The van der Waals surface area contributed by atoms with Gasteiger partial charge >= 0.3 is 0 Å². The highest BCUT2D eigenvalue weighted by atomic mass is 16.5. The van der Waals surface area contributed by atoms with Crippen LogP contribution in [0.1, 0.15) is 22.3 Å². The zero-order valence-electron chi connectivity index (χ0n) is 14.8. The largest absolute Gasteiger partial charge is 0.492 e. The first kappa shape index (κ1) is 17.9. The lowest BCUT2D eigenvalue weighted by atomic mass is 9.95. The molecule has 0 unspecified atom stereocenters. The van der Waals surface area contributed by atoms with Gasteiger partial charge in [-0.15, -0.1) is 0 Å². The standard InChI is InChI=1S/C19H24O5/c1-12-15(10-13-8-6-7-9-14(13)11-20)17(22-3)19(24-5)18(23-4)16(12)21-2/h6-9,20H,10-11H2,1-5H3. The second-order valence-electron chi connectivity index (χ2n) is 5.34. The summed E-state index contributed by atoms with van der Waals surface area (Å²) < 4.78 is 22.1. The van der Waals surface area contributed by atoms with Crippen molar-refractivity contribution in [3.63, 3.8) is 0 Å². The molecule has 0 spiro atoms. The molecule has 0 fully saturated rings. The molecule has 0 saturated carbocycles. The van der Waals surface area contributed by atoms with Crippen molar-refractivity contribution in [2.75, 3.05) is 28.4 Å². The third-order valence-electron chi connectivity index (χ3n) is 4.16. The van der Waals surface area contributed by atoms with Gasteiger partial charge < -0.3 is 24.1 Å². The lowest BCUT2D eigenvalue weighted by Crippen LogP contribution is -2.06. The van der Waals surface area contributed by atoms with Crippen molar-refractivity contribution in [2.45, 2.75) is 20.0 Å². The van der Waals surface area contributed by atoms with Crippen LogP contribution in [0.15, 0.2) is 24.3 Å². The number of ether oxygens (including phenoxy) is 4. The molecule has 0 radical (unpaired) electrons. The van der Waals surface area contributed by atoms with Crippen molar-refractivity contribution < 1.29 is 24.1 Å². The predicted octanol–water partition coefficient (Wildman–Crippen LogP) is 3.11. The molecule has 5 heteroatoms. The fourth-order valence-corrected chi connectivity index (χ4v) is 2.94. The summed E-state index contributed by atoms with van der Waals surface area (Å²) in [7, 11) is 6.34. The highest BCUT2D eigenvalue weighted by Crippen LogP contribution is 2.49. The van der Waals surface area contributed by atoms with Crippen LogP contribution in [0.5, 0.6) is 23.0 Å². The lowest BCUT2D eigenvalue weighted by Gasteiger charge is -2.22. The Hall–Kier alpha value is -2.40. The van der Waals surface area contributed by atoms with Gasteiger partial charge in [0.05, 0.1) is 35.0 Å². The molecule has 0 heterocycles. The monoisotopic (exact) mass is 332 g/mol. The van der Waals surface area contributed by atoms with Gasteiger partial charge in [0.1, 0.15) is 0 Å². The molecule has 2 aromatic rings. The summed E-state index contributed by atoms with van der Waals surface area (Å²) in [5.74, 6) is 2.24. The second-order valence-corrected chi connectivity index (χ2v) is 5.34.